The molecule has 13 heavy (non-hydrogen) atoms. The zero-order chi connectivity index (χ0) is 9.68. The highest BCUT2D eigenvalue weighted by atomic mass is 35.5. The number of hydrogen-bond acceptors (Lipinski definition) is 1. The van der Waals surface area contributed by atoms with Crippen LogP contribution in [-0.2, 0) is 4.79 Å². The van der Waals surface area contributed by atoms with Crippen molar-refractivity contribution in [1.82, 2.24) is 0 Å². The molecule has 0 radical (unpaired) electrons. The minimum absolute atomic E-state index is 0.266. The Morgan fingerprint density at radius 2 is 1.92 bits per heavy atom. The summed E-state index contributed by atoms with van der Waals surface area (Å²) in [5.41, 5.74) is 1.84. The Hall–Kier alpha value is -0.990. The van der Waals surface area contributed by atoms with Crippen molar-refractivity contribution in [2.45, 2.75) is 0 Å². The first-order chi connectivity index (χ1) is 6.22. The maximum absolute atomic E-state index is 11.0. The zero-order valence-corrected chi connectivity index (χ0v) is 8.14. The Morgan fingerprint density at radius 3 is 2.46 bits per heavy atom. The van der Waals surface area contributed by atoms with Crippen LogP contribution in [0.3, 0.4) is 0 Å². The molecule has 1 aromatic rings. The average molecular weight is 216 g/mol. The van der Waals surface area contributed by atoms with Crippen LogP contribution in [0, 0.1) is 0 Å². The standard InChI is InChI=1S/C9H7Cl2NO/c10-6-5-9(13)12-8-3-1-7(11)2-4-8/h1-6H,(H,12,13)/b6-5+. The molecule has 1 aromatic carbocycles. The molecule has 0 saturated carbocycles. The summed E-state index contributed by atoms with van der Waals surface area (Å²) in [5.74, 6) is -0.266. The molecule has 0 spiro atoms. The Bertz CT molecular complexity index is 319. The van der Waals surface area contributed by atoms with Gasteiger partial charge < -0.3 is 5.32 Å². The topological polar surface area (TPSA) is 29.1 Å². The van der Waals surface area contributed by atoms with Gasteiger partial charge in [-0.1, -0.05) is 23.2 Å². The van der Waals surface area contributed by atoms with E-state index in [2.05, 4.69) is 5.32 Å². The van der Waals surface area contributed by atoms with E-state index in [4.69, 9.17) is 23.2 Å². The quantitative estimate of drug-likeness (QED) is 0.756. The Morgan fingerprint density at radius 1 is 1.31 bits per heavy atom. The predicted molar refractivity (Wildman–Crippen MR) is 55.1 cm³/mol. The summed E-state index contributed by atoms with van der Waals surface area (Å²) in [6.45, 7) is 0. The van der Waals surface area contributed by atoms with E-state index < -0.39 is 0 Å². The Balaban J connectivity index is 2.64. The molecule has 1 amide bonds. The van der Waals surface area contributed by atoms with Crippen LogP contribution in [0.1, 0.15) is 0 Å². The molecule has 0 aromatic heterocycles. The van der Waals surface area contributed by atoms with Crippen LogP contribution in [-0.4, -0.2) is 5.91 Å². The van der Waals surface area contributed by atoms with E-state index in [1.54, 1.807) is 24.3 Å². The lowest BCUT2D eigenvalue weighted by atomic mass is 10.3. The molecule has 1 N–H and O–H groups in total. The number of anilines is 1. The van der Waals surface area contributed by atoms with Crippen LogP contribution < -0.4 is 5.32 Å². The third-order valence-electron chi connectivity index (χ3n) is 1.33. The largest absolute Gasteiger partial charge is 0.322 e. The third-order valence-corrected chi connectivity index (χ3v) is 1.70. The van der Waals surface area contributed by atoms with Gasteiger partial charge in [0.2, 0.25) is 5.91 Å². The number of halogens is 2. The van der Waals surface area contributed by atoms with E-state index in [-0.39, 0.29) is 5.91 Å². The molecule has 0 heterocycles. The van der Waals surface area contributed by atoms with Crippen LogP contribution in [0.25, 0.3) is 0 Å². The number of benzene rings is 1. The van der Waals surface area contributed by atoms with Crippen molar-refractivity contribution in [2.75, 3.05) is 5.32 Å². The molecule has 4 heteroatoms. The number of carbonyl (C=O) groups is 1. The van der Waals surface area contributed by atoms with Gasteiger partial charge in [-0.25, -0.2) is 0 Å². The van der Waals surface area contributed by atoms with E-state index in [1.165, 1.54) is 6.08 Å². The van der Waals surface area contributed by atoms with Crippen molar-refractivity contribution in [3.8, 4) is 0 Å². The molecule has 0 fully saturated rings. The first-order valence-corrected chi connectivity index (χ1v) is 4.37. The molecule has 0 aliphatic rings. The normalized spacial score (nSPS) is 10.3. The van der Waals surface area contributed by atoms with Crippen LogP contribution in [0.2, 0.25) is 5.02 Å². The number of carbonyl (C=O) groups excluding carboxylic acids is 1. The first-order valence-electron chi connectivity index (χ1n) is 3.55. The average Bonchev–Trinajstić information content (AvgIpc) is 2.09. The van der Waals surface area contributed by atoms with Crippen LogP contribution in [0.15, 0.2) is 35.9 Å². The van der Waals surface area contributed by atoms with Gasteiger partial charge in [-0.15, -0.1) is 0 Å². The molecule has 0 aliphatic heterocycles. The van der Waals surface area contributed by atoms with Crippen molar-refractivity contribution in [3.63, 3.8) is 0 Å². The van der Waals surface area contributed by atoms with Crippen molar-refractivity contribution in [3.05, 3.63) is 40.9 Å². The lowest BCUT2D eigenvalue weighted by Gasteiger charge is -2.00. The lowest BCUT2D eigenvalue weighted by Crippen LogP contribution is -2.06. The first kappa shape index (κ1) is 10.1. The van der Waals surface area contributed by atoms with Gasteiger partial charge in [-0.2, -0.15) is 0 Å². The third kappa shape index (κ3) is 3.49. The molecule has 2 nitrogen and oxygen atoms in total. The number of nitrogens with one attached hydrogen (secondary N) is 1. The van der Waals surface area contributed by atoms with Gasteiger partial charge >= 0.3 is 0 Å². The fourth-order valence-corrected chi connectivity index (χ4v) is 1.01. The van der Waals surface area contributed by atoms with Gasteiger partial charge in [-0.05, 0) is 24.3 Å². The van der Waals surface area contributed by atoms with Crippen molar-refractivity contribution in [1.29, 1.82) is 0 Å². The van der Waals surface area contributed by atoms with E-state index in [1.807, 2.05) is 0 Å². The number of rotatable bonds is 2. The molecule has 1 rings (SSSR count). The maximum atomic E-state index is 11.0. The SMILES string of the molecule is O=C(/C=C/Cl)Nc1ccc(Cl)cc1. The summed E-state index contributed by atoms with van der Waals surface area (Å²) in [7, 11) is 0. The fourth-order valence-electron chi connectivity index (χ4n) is 0.774. The smallest absolute Gasteiger partial charge is 0.249 e. The monoisotopic (exact) mass is 215 g/mol. The minimum atomic E-state index is -0.266. The van der Waals surface area contributed by atoms with Gasteiger partial charge in [0.25, 0.3) is 0 Å². The summed E-state index contributed by atoms with van der Waals surface area (Å²) < 4.78 is 0. The van der Waals surface area contributed by atoms with E-state index in [0.717, 1.165) is 5.54 Å². The highest BCUT2D eigenvalue weighted by Gasteiger charge is 1.96. The Kier molecular flexibility index (Phi) is 3.80. The van der Waals surface area contributed by atoms with Gasteiger partial charge in [-0.3, -0.25) is 4.79 Å². The minimum Gasteiger partial charge on any atom is -0.322 e. The molecule has 0 saturated heterocycles. The summed E-state index contributed by atoms with van der Waals surface area (Å²) in [6, 6.07) is 6.81. The summed E-state index contributed by atoms with van der Waals surface area (Å²) in [5, 5.41) is 3.23. The highest BCUT2D eigenvalue weighted by molar-refractivity contribution is 6.30. The second-order valence-electron chi connectivity index (χ2n) is 2.29. The van der Waals surface area contributed by atoms with Crippen molar-refractivity contribution in [2.24, 2.45) is 0 Å². The fraction of sp³-hybridized carbons (Fsp3) is 0. The summed E-state index contributed by atoms with van der Waals surface area (Å²) in [4.78, 5) is 11.0. The molecular formula is C9H7Cl2NO. The van der Waals surface area contributed by atoms with Crippen LogP contribution in [0.4, 0.5) is 5.69 Å². The van der Waals surface area contributed by atoms with Gasteiger partial charge in [0.1, 0.15) is 0 Å². The van der Waals surface area contributed by atoms with Gasteiger partial charge in [0, 0.05) is 22.3 Å². The molecule has 0 bridgehead atoms. The van der Waals surface area contributed by atoms with Gasteiger partial charge in [0.05, 0.1) is 0 Å². The molecule has 0 aliphatic carbocycles. The highest BCUT2D eigenvalue weighted by Crippen LogP contribution is 2.13. The molecular weight excluding hydrogens is 209 g/mol. The second kappa shape index (κ2) is 4.90. The molecule has 68 valence electrons. The summed E-state index contributed by atoms with van der Waals surface area (Å²) >= 11 is 10.9. The van der Waals surface area contributed by atoms with E-state index in [0.29, 0.717) is 10.7 Å². The van der Waals surface area contributed by atoms with E-state index in [9.17, 15) is 4.79 Å². The maximum Gasteiger partial charge on any atom is 0.249 e. The number of hydrogen-bond donors (Lipinski definition) is 1. The summed E-state index contributed by atoms with van der Waals surface area (Å²) in [6.07, 6.45) is 1.23. The van der Waals surface area contributed by atoms with E-state index >= 15 is 0 Å². The zero-order valence-electron chi connectivity index (χ0n) is 6.63. The second-order valence-corrected chi connectivity index (χ2v) is 2.98. The van der Waals surface area contributed by atoms with Crippen molar-refractivity contribution < 1.29 is 4.79 Å². The van der Waals surface area contributed by atoms with Crippen LogP contribution >= 0.6 is 23.2 Å². The van der Waals surface area contributed by atoms with Crippen LogP contribution in [0.5, 0.6) is 0 Å². The molecule has 0 unspecified atom stereocenters. The number of amides is 1. The predicted octanol–water partition coefficient (Wildman–Crippen LogP) is 3.03. The van der Waals surface area contributed by atoms with Gasteiger partial charge in [0.15, 0.2) is 0 Å². The van der Waals surface area contributed by atoms with Crippen molar-refractivity contribution >= 4 is 34.8 Å². The lowest BCUT2D eigenvalue weighted by molar-refractivity contribution is -0.111. The molecule has 0 atom stereocenters. The Labute approximate surface area is 86.2 Å².